The van der Waals surface area contributed by atoms with Crippen LogP contribution in [0.1, 0.15) is 18.4 Å². The third-order valence-corrected chi connectivity index (χ3v) is 4.83. The Morgan fingerprint density at radius 2 is 2.18 bits per heavy atom. The molecule has 2 aliphatic rings. The second kappa shape index (κ2) is 5.91. The van der Waals surface area contributed by atoms with Crippen molar-refractivity contribution in [1.29, 1.82) is 0 Å². The molecule has 0 aliphatic heterocycles. The lowest BCUT2D eigenvalue weighted by molar-refractivity contribution is 0.0322. The molecule has 1 N–H and O–H groups in total. The van der Waals surface area contributed by atoms with Gasteiger partial charge in [0.15, 0.2) is 0 Å². The van der Waals surface area contributed by atoms with E-state index in [4.69, 9.17) is 9.47 Å². The van der Waals surface area contributed by atoms with Gasteiger partial charge in [0.1, 0.15) is 11.5 Å². The van der Waals surface area contributed by atoms with Gasteiger partial charge in [-0.1, -0.05) is 12.2 Å². The van der Waals surface area contributed by atoms with Crippen molar-refractivity contribution >= 4 is 6.09 Å². The highest BCUT2D eigenvalue weighted by molar-refractivity contribution is 5.66. The number of hydrogen-bond acceptors (Lipinski definition) is 3. The van der Waals surface area contributed by atoms with Crippen LogP contribution in [0.5, 0.6) is 11.5 Å². The van der Waals surface area contributed by atoms with E-state index in [-0.39, 0.29) is 6.04 Å². The van der Waals surface area contributed by atoms with Crippen molar-refractivity contribution in [2.75, 3.05) is 14.2 Å². The van der Waals surface area contributed by atoms with E-state index in [1.54, 1.807) is 25.2 Å². The van der Waals surface area contributed by atoms with Crippen molar-refractivity contribution in [3.05, 3.63) is 35.9 Å². The zero-order valence-corrected chi connectivity index (χ0v) is 12.9. The molecule has 2 aliphatic carbocycles. The first-order valence-electron chi connectivity index (χ1n) is 7.51. The molecule has 3 atom stereocenters. The fourth-order valence-electron chi connectivity index (χ4n) is 3.53. The Balaban J connectivity index is 1.78. The smallest absolute Gasteiger partial charge is 0.407 e. The van der Waals surface area contributed by atoms with E-state index in [2.05, 4.69) is 12.2 Å². The van der Waals surface area contributed by atoms with Crippen molar-refractivity contribution in [2.24, 2.45) is 11.8 Å². The number of amides is 1. The van der Waals surface area contributed by atoms with E-state index < -0.39 is 6.09 Å². The van der Waals surface area contributed by atoms with E-state index in [0.29, 0.717) is 29.9 Å². The van der Waals surface area contributed by atoms with Gasteiger partial charge < -0.3 is 19.5 Å². The summed E-state index contributed by atoms with van der Waals surface area (Å²) in [5.41, 5.74) is 0.861. The average molecular weight is 303 g/mol. The maximum atomic E-state index is 11.7. The van der Waals surface area contributed by atoms with Crippen molar-refractivity contribution in [2.45, 2.75) is 25.4 Å². The number of carbonyl (C=O) groups is 1. The molecule has 0 spiro atoms. The van der Waals surface area contributed by atoms with Gasteiger partial charge in [-0.15, -0.1) is 0 Å². The Kier molecular flexibility index (Phi) is 3.96. The van der Waals surface area contributed by atoms with Crippen LogP contribution in [0.4, 0.5) is 4.79 Å². The molecule has 3 rings (SSSR count). The van der Waals surface area contributed by atoms with Crippen LogP contribution in [0.2, 0.25) is 0 Å². The molecule has 118 valence electrons. The number of carboxylic acid groups (broad SMARTS) is 1. The molecular weight excluding hydrogens is 282 g/mol. The highest BCUT2D eigenvalue weighted by Gasteiger charge is 2.45. The molecule has 1 amide bonds. The van der Waals surface area contributed by atoms with Crippen LogP contribution in [0.15, 0.2) is 30.4 Å². The number of fused-ring (bicyclic) bond motifs is 1. The summed E-state index contributed by atoms with van der Waals surface area (Å²) in [7, 11) is 3.18. The minimum Gasteiger partial charge on any atom is -0.497 e. The number of nitrogens with zero attached hydrogens (tertiary/aromatic N) is 1. The number of methoxy groups -OCH3 is 2. The van der Waals surface area contributed by atoms with Crippen LogP contribution in [-0.2, 0) is 6.54 Å². The summed E-state index contributed by atoms with van der Waals surface area (Å²) in [6, 6.07) is 5.59. The van der Waals surface area contributed by atoms with Crippen molar-refractivity contribution < 1.29 is 19.4 Å². The van der Waals surface area contributed by atoms with Crippen molar-refractivity contribution in [1.82, 2.24) is 4.90 Å². The molecule has 22 heavy (non-hydrogen) atoms. The fourth-order valence-corrected chi connectivity index (χ4v) is 3.53. The van der Waals surface area contributed by atoms with Crippen LogP contribution < -0.4 is 9.47 Å². The molecular formula is C17H21NO4. The van der Waals surface area contributed by atoms with E-state index in [9.17, 15) is 9.90 Å². The van der Waals surface area contributed by atoms with E-state index in [1.807, 2.05) is 12.1 Å². The topological polar surface area (TPSA) is 59.0 Å². The number of ether oxygens (including phenoxy) is 2. The molecule has 1 aromatic rings. The van der Waals surface area contributed by atoms with Crippen LogP contribution in [-0.4, -0.2) is 36.4 Å². The SMILES string of the molecule is COc1ccc(CN(C(=O)O)C2CC3C=CCC32)c(OC)c1. The molecule has 3 unspecified atom stereocenters. The van der Waals surface area contributed by atoms with Gasteiger partial charge >= 0.3 is 6.09 Å². The van der Waals surface area contributed by atoms with Gasteiger partial charge in [0.2, 0.25) is 0 Å². The quantitative estimate of drug-likeness (QED) is 0.849. The maximum absolute atomic E-state index is 11.7. The standard InChI is InChI=1S/C17H21NO4/c1-21-13-7-6-12(16(9-13)22-2)10-18(17(19)20)15-8-11-4-3-5-14(11)15/h3-4,6-7,9,11,14-15H,5,8,10H2,1-2H3,(H,19,20). The van der Waals surface area contributed by atoms with Crippen LogP contribution >= 0.6 is 0 Å². The average Bonchev–Trinajstić information content (AvgIpc) is 2.87. The van der Waals surface area contributed by atoms with Crippen LogP contribution in [0.25, 0.3) is 0 Å². The molecule has 5 heteroatoms. The predicted molar refractivity (Wildman–Crippen MR) is 82.3 cm³/mol. The van der Waals surface area contributed by atoms with Gasteiger partial charge in [-0.05, 0) is 36.8 Å². The van der Waals surface area contributed by atoms with Gasteiger partial charge in [0.25, 0.3) is 0 Å². The number of benzene rings is 1. The van der Waals surface area contributed by atoms with Gasteiger partial charge in [0, 0.05) is 17.7 Å². The zero-order valence-electron chi connectivity index (χ0n) is 12.9. The van der Waals surface area contributed by atoms with Gasteiger partial charge in [-0.2, -0.15) is 0 Å². The monoisotopic (exact) mass is 303 g/mol. The van der Waals surface area contributed by atoms with Crippen molar-refractivity contribution in [3.8, 4) is 11.5 Å². The lowest BCUT2D eigenvalue weighted by atomic mass is 9.70. The Morgan fingerprint density at radius 3 is 2.82 bits per heavy atom. The molecule has 0 heterocycles. The predicted octanol–water partition coefficient (Wildman–Crippen LogP) is 3.15. The molecule has 0 aromatic heterocycles. The highest BCUT2D eigenvalue weighted by atomic mass is 16.5. The van der Waals surface area contributed by atoms with Gasteiger partial charge in [0.05, 0.1) is 20.8 Å². The first kappa shape index (κ1) is 14.8. The summed E-state index contributed by atoms with van der Waals surface area (Å²) in [5.74, 6) is 2.36. The minimum absolute atomic E-state index is 0.101. The Hall–Kier alpha value is -2.17. The van der Waals surface area contributed by atoms with E-state index in [1.165, 1.54) is 0 Å². The van der Waals surface area contributed by atoms with Crippen molar-refractivity contribution in [3.63, 3.8) is 0 Å². The first-order valence-corrected chi connectivity index (χ1v) is 7.51. The third-order valence-electron chi connectivity index (χ3n) is 4.83. The Bertz CT molecular complexity index is 598. The lowest BCUT2D eigenvalue weighted by Crippen LogP contribution is -2.52. The molecule has 1 aromatic carbocycles. The second-order valence-electron chi connectivity index (χ2n) is 5.88. The normalized spacial score (nSPS) is 25.3. The third kappa shape index (κ3) is 2.51. The summed E-state index contributed by atoms with van der Waals surface area (Å²) in [6.45, 7) is 0.344. The van der Waals surface area contributed by atoms with E-state index in [0.717, 1.165) is 18.4 Å². The second-order valence-corrected chi connectivity index (χ2v) is 5.88. The molecule has 0 bridgehead atoms. The Labute approximate surface area is 130 Å². The highest BCUT2D eigenvalue weighted by Crippen LogP contribution is 2.46. The summed E-state index contributed by atoms with van der Waals surface area (Å²) >= 11 is 0. The largest absolute Gasteiger partial charge is 0.497 e. The first-order chi connectivity index (χ1) is 10.6. The molecule has 1 saturated carbocycles. The van der Waals surface area contributed by atoms with Gasteiger partial charge in [-0.25, -0.2) is 4.79 Å². The summed E-state index contributed by atoms with van der Waals surface area (Å²) in [5, 5.41) is 9.59. The molecule has 1 fully saturated rings. The lowest BCUT2D eigenvalue weighted by Gasteiger charge is -2.46. The summed E-state index contributed by atoms with van der Waals surface area (Å²) < 4.78 is 10.6. The molecule has 5 nitrogen and oxygen atoms in total. The zero-order chi connectivity index (χ0) is 15.7. The number of allylic oxidation sites excluding steroid dienone is 2. The summed E-state index contributed by atoms with van der Waals surface area (Å²) in [4.78, 5) is 13.2. The number of rotatable bonds is 5. The number of hydrogen-bond donors (Lipinski definition) is 1. The summed E-state index contributed by atoms with van der Waals surface area (Å²) in [6.07, 6.45) is 5.43. The maximum Gasteiger partial charge on any atom is 0.407 e. The minimum atomic E-state index is -0.867. The van der Waals surface area contributed by atoms with Gasteiger partial charge in [-0.3, -0.25) is 0 Å². The Morgan fingerprint density at radius 1 is 1.36 bits per heavy atom. The van der Waals surface area contributed by atoms with Crippen LogP contribution in [0, 0.1) is 11.8 Å². The fraction of sp³-hybridized carbons (Fsp3) is 0.471. The molecule has 0 radical (unpaired) electrons. The van der Waals surface area contributed by atoms with Crippen LogP contribution in [0.3, 0.4) is 0 Å². The van der Waals surface area contributed by atoms with E-state index >= 15 is 0 Å². The molecule has 0 saturated heterocycles.